The third-order valence-corrected chi connectivity index (χ3v) is 3.79. The molecule has 0 saturated carbocycles. The minimum absolute atomic E-state index is 0.0302. The van der Waals surface area contributed by atoms with Gasteiger partial charge < -0.3 is 4.74 Å². The van der Waals surface area contributed by atoms with Crippen LogP contribution in [0.4, 0.5) is 0 Å². The van der Waals surface area contributed by atoms with E-state index in [1.54, 1.807) is 7.11 Å². The second-order valence-electron chi connectivity index (χ2n) is 7.85. The summed E-state index contributed by atoms with van der Waals surface area (Å²) >= 11 is 0. The summed E-state index contributed by atoms with van der Waals surface area (Å²) in [5, 5.41) is 0. The van der Waals surface area contributed by atoms with E-state index in [0.717, 1.165) is 17.1 Å². The maximum absolute atomic E-state index is 5.25. The van der Waals surface area contributed by atoms with E-state index in [0.29, 0.717) is 0 Å². The molecule has 0 aliphatic heterocycles. The van der Waals surface area contributed by atoms with Gasteiger partial charge in [0.25, 0.3) is 0 Å². The van der Waals surface area contributed by atoms with E-state index in [-0.39, 0.29) is 10.8 Å². The summed E-state index contributed by atoms with van der Waals surface area (Å²) in [7, 11) is 1.69. The molecule has 0 aliphatic carbocycles. The third-order valence-electron chi connectivity index (χ3n) is 3.79. The van der Waals surface area contributed by atoms with Crippen LogP contribution in [0.1, 0.15) is 52.9 Å². The van der Waals surface area contributed by atoms with Gasteiger partial charge in [-0.15, -0.1) is 0 Å². The van der Waals surface area contributed by atoms with Gasteiger partial charge in [0.05, 0.1) is 7.11 Å². The molecular formula is C20H27NO. The second kappa shape index (κ2) is 5.75. The molecule has 118 valence electrons. The van der Waals surface area contributed by atoms with Gasteiger partial charge in [-0.1, -0.05) is 53.7 Å². The molecule has 0 amide bonds. The van der Waals surface area contributed by atoms with Crippen LogP contribution in [0.15, 0.2) is 36.4 Å². The maximum atomic E-state index is 5.25. The molecular weight excluding hydrogens is 270 g/mol. The SMILES string of the molecule is COc1ccc(-c2cc(C(C)(C)C)nc(C(C)(C)C)c2)cc1. The smallest absolute Gasteiger partial charge is 0.118 e. The first-order valence-corrected chi connectivity index (χ1v) is 7.79. The molecule has 1 aromatic carbocycles. The van der Waals surface area contributed by atoms with Gasteiger partial charge in [-0.2, -0.15) is 0 Å². The predicted molar refractivity (Wildman–Crippen MR) is 93.6 cm³/mol. The Balaban J connectivity index is 2.59. The molecule has 0 saturated heterocycles. The molecule has 2 aromatic rings. The first-order chi connectivity index (χ1) is 10.1. The van der Waals surface area contributed by atoms with Crippen LogP contribution in [-0.4, -0.2) is 12.1 Å². The Bertz CT molecular complexity index is 611. The van der Waals surface area contributed by atoms with E-state index in [1.165, 1.54) is 11.1 Å². The van der Waals surface area contributed by atoms with Gasteiger partial charge >= 0.3 is 0 Å². The van der Waals surface area contributed by atoms with Crippen molar-refractivity contribution in [2.75, 3.05) is 7.11 Å². The van der Waals surface area contributed by atoms with Gasteiger partial charge in [0.1, 0.15) is 5.75 Å². The molecule has 0 bridgehead atoms. The Morgan fingerprint density at radius 2 is 1.18 bits per heavy atom. The molecule has 2 rings (SSSR count). The van der Waals surface area contributed by atoms with Gasteiger partial charge in [0, 0.05) is 22.2 Å². The third kappa shape index (κ3) is 3.68. The van der Waals surface area contributed by atoms with Crippen LogP contribution in [0.25, 0.3) is 11.1 Å². The van der Waals surface area contributed by atoms with E-state index < -0.39 is 0 Å². The van der Waals surface area contributed by atoms with Crippen molar-refractivity contribution in [3.63, 3.8) is 0 Å². The molecule has 1 heterocycles. The number of hydrogen-bond acceptors (Lipinski definition) is 2. The zero-order valence-electron chi connectivity index (χ0n) is 14.8. The monoisotopic (exact) mass is 297 g/mol. The Morgan fingerprint density at radius 3 is 1.55 bits per heavy atom. The summed E-state index contributed by atoms with van der Waals surface area (Å²) in [5.41, 5.74) is 4.73. The summed E-state index contributed by atoms with van der Waals surface area (Å²) in [6.45, 7) is 13.2. The molecule has 1 aromatic heterocycles. The van der Waals surface area contributed by atoms with Crippen LogP contribution in [0.5, 0.6) is 5.75 Å². The van der Waals surface area contributed by atoms with Crippen LogP contribution in [0.3, 0.4) is 0 Å². The van der Waals surface area contributed by atoms with Crippen LogP contribution in [0, 0.1) is 0 Å². The van der Waals surface area contributed by atoms with Crippen molar-refractivity contribution in [3.05, 3.63) is 47.8 Å². The fourth-order valence-corrected chi connectivity index (χ4v) is 2.25. The van der Waals surface area contributed by atoms with E-state index >= 15 is 0 Å². The van der Waals surface area contributed by atoms with Crippen LogP contribution in [0.2, 0.25) is 0 Å². The minimum Gasteiger partial charge on any atom is -0.497 e. The number of hydrogen-bond donors (Lipinski definition) is 0. The number of aromatic nitrogens is 1. The zero-order chi connectivity index (χ0) is 16.5. The lowest BCUT2D eigenvalue weighted by molar-refractivity contribution is 0.415. The van der Waals surface area contributed by atoms with Gasteiger partial charge in [-0.3, -0.25) is 4.98 Å². The van der Waals surface area contributed by atoms with Gasteiger partial charge in [-0.25, -0.2) is 0 Å². The lowest BCUT2D eigenvalue weighted by atomic mass is 9.85. The standard InChI is InChI=1S/C20H27NO/c1-19(2,3)17-12-15(13-18(21-17)20(4,5)6)14-8-10-16(22-7)11-9-14/h8-13H,1-7H3. The molecule has 0 fully saturated rings. The number of benzene rings is 1. The molecule has 22 heavy (non-hydrogen) atoms. The fraction of sp³-hybridized carbons (Fsp3) is 0.450. The van der Waals surface area contributed by atoms with E-state index in [1.807, 2.05) is 12.1 Å². The number of rotatable bonds is 2. The zero-order valence-corrected chi connectivity index (χ0v) is 14.8. The average Bonchev–Trinajstić information content (AvgIpc) is 2.45. The van der Waals surface area contributed by atoms with Crippen LogP contribution < -0.4 is 4.74 Å². The normalized spacial score (nSPS) is 12.3. The van der Waals surface area contributed by atoms with Gasteiger partial charge in [0.15, 0.2) is 0 Å². The van der Waals surface area contributed by atoms with E-state index in [4.69, 9.17) is 9.72 Å². The quantitative estimate of drug-likeness (QED) is 0.745. The Labute approximate surface area is 134 Å². The first kappa shape index (κ1) is 16.5. The number of methoxy groups -OCH3 is 1. The largest absolute Gasteiger partial charge is 0.497 e. The Kier molecular flexibility index (Phi) is 4.32. The van der Waals surface area contributed by atoms with Crippen molar-refractivity contribution >= 4 is 0 Å². The van der Waals surface area contributed by atoms with Crippen molar-refractivity contribution in [1.82, 2.24) is 4.98 Å². The van der Waals surface area contributed by atoms with Crippen molar-refractivity contribution in [1.29, 1.82) is 0 Å². The van der Waals surface area contributed by atoms with Crippen molar-refractivity contribution in [3.8, 4) is 16.9 Å². The van der Waals surface area contributed by atoms with Crippen LogP contribution in [-0.2, 0) is 10.8 Å². The number of ether oxygens (including phenoxy) is 1. The molecule has 0 N–H and O–H groups in total. The lowest BCUT2D eigenvalue weighted by Crippen LogP contribution is -2.20. The Morgan fingerprint density at radius 1 is 0.727 bits per heavy atom. The second-order valence-corrected chi connectivity index (χ2v) is 7.85. The minimum atomic E-state index is 0.0302. The number of pyridine rings is 1. The summed E-state index contributed by atoms with van der Waals surface area (Å²) in [6, 6.07) is 12.6. The van der Waals surface area contributed by atoms with Gasteiger partial charge in [-0.05, 0) is 35.4 Å². The number of nitrogens with zero attached hydrogens (tertiary/aromatic N) is 1. The molecule has 0 radical (unpaired) electrons. The predicted octanol–water partition coefficient (Wildman–Crippen LogP) is 5.35. The highest BCUT2D eigenvalue weighted by Crippen LogP contribution is 2.31. The Hall–Kier alpha value is -1.83. The molecule has 2 heteroatoms. The van der Waals surface area contributed by atoms with E-state index in [2.05, 4.69) is 65.8 Å². The topological polar surface area (TPSA) is 22.1 Å². The molecule has 0 aliphatic rings. The highest BCUT2D eigenvalue weighted by atomic mass is 16.5. The summed E-state index contributed by atoms with van der Waals surface area (Å²) in [6.07, 6.45) is 0. The molecule has 0 spiro atoms. The molecule has 0 atom stereocenters. The average molecular weight is 297 g/mol. The van der Waals surface area contributed by atoms with E-state index in [9.17, 15) is 0 Å². The maximum Gasteiger partial charge on any atom is 0.118 e. The summed E-state index contributed by atoms with van der Waals surface area (Å²) in [5.74, 6) is 0.880. The van der Waals surface area contributed by atoms with Crippen molar-refractivity contribution in [2.24, 2.45) is 0 Å². The van der Waals surface area contributed by atoms with Crippen molar-refractivity contribution < 1.29 is 4.74 Å². The summed E-state index contributed by atoms with van der Waals surface area (Å²) in [4.78, 5) is 4.91. The van der Waals surface area contributed by atoms with Gasteiger partial charge in [0.2, 0.25) is 0 Å². The first-order valence-electron chi connectivity index (χ1n) is 7.79. The lowest BCUT2D eigenvalue weighted by Gasteiger charge is -2.25. The molecule has 0 unspecified atom stereocenters. The molecule has 2 nitrogen and oxygen atoms in total. The van der Waals surface area contributed by atoms with Crippen molar-refractivity contribution in [2.45, 2.75) is 52.4 Å². The fourth-order valence-electron chi connectivity index (χ4n) is 2.25. The highest BCUT2D eigenvalue weighted by molar-refractivity contribution is 5.65. The highest BCUT2D eigenvalue weighted by Gasteiger charge is 2.22. The summed E-state index contributed by atoms with van der Waals surface area (Å²) < 4.78 is 5.25. The van der Waals surface area contributed by atoms with Crippen LogP contribution >= 0.6 is 0 Å².